The van der Waals surface area contributed by atoms with Crippen LogP contribution in [0.4, 0.5) is 0 Å². The fourth-order valence-corrected chi connectivity index (χ4v) is 1.58. The summed E-state index contributed by atoms with van der Waals surface area (Å²) in [6, 6.07) is 0. The third kappa shape index (κ3) is 1.54. The lowest BCUT2D eigenvalue weighted by molar-refractivity contribution is 0.817. The molecule has 0 aliphatic rings. The summed E-state index contributed by atoms with van der Waals surface area (Å²) in [6.45, 7) is 5.97. The Morgan fingerprint density at radius 2 is 2.13 bits per heavy atom. The summed E-state index contributed by atoms with van der Waals surface area (Å²) in [7, 11) is 0. The molecule has 0 unspecified atom stereocenters. The molecule has 0 saturated heterocycles. The van der Waals surface area contributed by atoms with Gasteiger partial charge in [0.05, 0.1) is 5.69 Å². The van der Waals surface area contributed by atoms with Crippen LogP contribution in [0.2, 0.25) is 0 Å². The molecule has 5 heteroatoms. The normalized spacial score (nSPS) is 11.5. The number of aromatic nitrogens is 4. The minimum absolute atomic E-state index is 0.102. The van der Waals surface area contributed by atoms with Crippen molar-refractivity contribution >= 4 is 11.0 Å². The predicted molar refractivity (Wildman–Crippen MR) is 58.0 cm³/mol. The van der Waals surface area contributed by atoms with Crippen LogP contribution in [-0.2, 0) is 6.42 Å². The quantitative estimate of drug-likeness (QED) is 0.778. The van der Waals surface area contributed by atoms with Crippen LogP contribution in [0.15, 0.2) is 4.79 Å². The van der Waals surface area contributed by atoms with E-state index in [9.17, 15) is 4.79 Å². The molecule has 2 rings (SSSR count). The van der Waals surface area contributed by atoms with E-state index in [2.05, 4.69) is 20.2 Å². The molecular weight excluding hydrogens is 192 g/mol. The number of hydrogen-bond acceptors (Lipinski definition) is 3. The molecule has 15 heavy (non-hydrogen) atoms. The molecule has 0 radical (unpaired) electrons. The number of rotatable bonds is 2. The third-order valence-electron chi connectivity index (χ3n) is 2.41. The summed E-state index contributed by atoms with van der Waals surface area (Å²) >= 11 is 0. The first kappa shape index (κ1) is 9.89. The van der Waals surface area contributed by atoms with Crippen molar-refractivity contribution in [2.24, 2.45) is 0 Å². The van der Waals surface area contributed by atoms with Gasteiger partial charge >= 0.3 is 0 Å². The van der Waals surface area contributed by atoms with E-state index in [0.29, 0.717) is 23.3 Å². The van der Waals surface area contributed by atoms with E-state index in [-0.39, 0.29) is 11.5 Å². The Kier molecular flexibility index (Phi) is 2.30. The molecule has 0 atom stereocenters. The summed E-state index contributed by atoms with van der Waals surface area (Å²) in [5, 5.41) is 7.51. The molecular formula is C10H14N4O. The summed E-state index contributed by atoms with van der Waals surface area (Å²) in [4.78, 5) is 18.8. The zero-order chi connectivity index (χ0) is 11.0. The van der Waals surface area contributed by atoms with E-state index in [0.717, 1.165) is 5.69 Å². The van der Waals surface area contributed by atoms with Gasteiger partial charge in [-0.25, -0.2) is 4.98 Å². The van der Waals surface area contributed by atoms with Gasteiger partial charge in [0.15, 0.2) is 5.65 Å². The van der Waals surface area contributed by atoms with E-state index in [4.69, 9.17) is 0 Å². The van der Waals surface area contributed by atoms with Gasteiger partial charge in [-0.15, -0.1) is 0 Å². The van der Waals surface area contributed by atoms with Gasteiger partial charge in [-0.1, -0.05) is 20.8 Å². The standard InChI is InChI=1S/C10H14N4O/c1-4-6-11-9-7(10(15)12-6)8(5(2)3)13-14-9/h5H,4H2,1-3H3,(H2,11,12,13,14,15). The average Bonchev–Trinajstić information content (AvgIpc) is 2.61. The minimum atomic E-state index is -0.102. The first-order chi connectivity index (χ1) is 7.13. The van der Waals surface area contributed by atoms with Crippen LogP contribution in [0.3, 0.4) is 0 Å². The lowest BCUT2D eigenvalue weighted by atomic mass is 10.1. The molecule has 0 aliphatic carbocycles. The van der Waals surface area contributed by atoms with Gasteiger partial charge in [-0.3, -0.25) is 9.89 Å². The highest BCUT2D eigenvalue weighted by Gasteiger charge is 2.13. The predicted octanol–water partition coefficient (Wildman–Crippen LogP) is 1.33. The summed E-state index contributed by atoms with van der Waals surface area (Å²) < 4.78 is 0. The molecule has 2 heterocycles. The molecule has 0 aromatic carbocycles. The van der Waals surface area contributed by atoms with Gasteiger partial charge in [-0.2, -0.15) is 5.10 Å². The number of aryl methyl sites for hydroxylation is 1. The van der Waals surface area contributed by atoms with Crippen LogP contribution in [0, 0.1) is 0 Å². The maximum absolute atomic E-state index is 11.8. The first-order valence-corrected chi connectivity index (χ1v) is 5.10. The summed E-state index contributed by atoms with van der Waals surface area (Å²) in [5.74, 6) is 0.916. The largest absolute Gasteiger partial charge is 0.310 e. The Morgan fingerprint density at radius 1 is 1.40 bits per heavy atom. The van der Waals surface area contributed by atoms with Crippen molar-refractivity contribution in [3.63, 3.8) is 0 Å². The second kappa shape index (κ2) is 3.49. The lowest BCUT2D eigenvalue weighted by Crippen LogP contribution is -2.12. The van der Waals surface area contributed by atoms with Crippen molar-refractivity contribution in [3.05, 3.63) is 21.9 Å². The van der Waals surface area contributed by atoms with Gasteiger partial charge in [-0.05, 0) is 5.92 Å². The Bertz CT molecular complexity index is 538. The fraction of sp³-hybridized carbons (Fsp3) is 0.500. The number of H-pyrrole nitrogens is 2. The zero-order valence-corrected chi connectivity index (χ0v) is 9.09. The highest BCUT2D eigenvalue weighted by atomic mass is 16.1. The smallest absolute Gasteiger partial charge is 0.262 e. The van der Waals surface area contributed by atoms with E-state index in [1.165, 1.54) is 0 Å². The molecule has 0 fully saturated rings. The number of aromatic amines is 2. The summed E-state index contributed by atoms with van der Waals surface area (Å²) in [6.07, 6.45) is 0.703. The van der Waals surface area contributed by atoms with E-state index in [1.54, 1.807) is 0 Å². The molecule has 80 valence electrons. The Hall–Kier alpha value is -1.65. The Morgan fingerprint density at radius 3 is 2.73 bits per heavy atom. The number of fused-ring (bicyclic) bond motifs is 1. The maximum Gasteiger partial charge on any atom is 0.262 e. The lowest BCUT2D eigenvalue weighted by Gasteiger charge is -2.00. The third-order valence-corrected chi connectivity index (χ3v) is 2.41. The minimum Gasteiger partial charge on any atom is -0.310 e. The average molecular weight is 206 g/mol. The SMILES string of the molecule is CCc1nc2n[nH]c(C(C)C)c2c(=O)[nH]1. The van der Waals surface area contributed by atoms with Crippen molar-refractivity contribution < 1.29 is 0 Å². The molecule has 0 aliphatic heterocycles. The second-order valence-corrected chi connectivity index (χ2v) is 3.86. The van der Waals surface area contributed by atoms with Crippen LogP contribution in [0.1, 0.15) is 38.2 Å². The van der Waals surface area contributed by atoms with E-state index in [1.807, 2.05) is 20.8 Å². The van der Waals surface area contributed by atoms with E-state index >= 15 is 0 Å². The van der Waals surface area contributed by atoms with Crippen LogP contribution >= 0.6 is 0 Å². The molecule has 2 N–H and O–H groups in total. The topological polar surface area (TPSA) is 74.4 Å². The Labute approximate surface area is 86.9 Å². The van der Waals surface area contributed by atoms with Crippen LogP contribution in [-0.4, -0.2) is 20.2 Å². The second-order valence-electron chi connectivity index (χ2n) is 3.86. The van der Waals surface area contributed by atoms with Crippen molar-refractivity contribution in [3.8, 4) is 0 Å². The van der Waals surface area contributed by atoms with Gasteiger partial charge in [0.1, 0.15) is 11.2 Å². The zero-order valence-electron chi connectivity index (χ0n) is 9.09. The summed E-state index contributed by atoms with van der Waals surface area (Å²) in [5.41, 5.74) is 1.26. The highest BCUT2D eigenvalue weighted by Crippen LogP contribution is 2.17. The monoisotopic (exact) mass is 206 g/mol. The molecule has 2 aromatic rings. The van der Waals surface area contributed by atoms with Gasteiger partial charge < -0.3 is 4.98 Å². The van der Waals surface area contributed by atoms with E-state index < -0.39 is 0 Å². The number of hydrogen-bond donors (Lipinski definition) is 2. The van der Waals surface area contributed by atoms with Crippen LogP contribution in [0.25, 0.3) is 11.0 Å². The van der Waals surface area contributed by atoms with Crippen molar-refractivity contribution in [1.82, 2.24) is 20.2 Å². The molecule has 0 saturated carbocycles. The number of nitrogens with zero attached hydrogens (tertiary/aromatic N) is 2. The molecule has 0 amide bonds. The van der Waals surface area contributed by atoms with Crippen molar-refractivity contribution in [1.29, 1.82) is 0 Å². The van der Waals surface area contributed by atoms with Gasteiger partial charge in [0.25, 0.3) is 5.56 Å². The van der Waals surface area contributed by atoms with Crippen LogP contribution < -0.4 is 5.56 Å². The fourth-order valence-electron chi connectivity index (χ4n) is 1.58. The molecule has 0 bridgehead atoms. The van der Waals surface area contributed by atoms with Gasteiger partial charge in [0, 0.05) is 6.42 Å². The van der Waals surface area contributed by atoms with Crippen LogP contribution in [0.5, 0.6) is 0 Å². The van der Waals surface area contributed by atoms with Crippen molar-refractivity contribution in [2.75, 3.05) is 0 Å². The molecule has 0 spiro atoms. The number of nitrogens with one attached hydrogen (secondary N) is 2. The molecule has 5 nitrogen and oxygen atoms in total. The molecule has 2 aromatic heterocycles. The van der Waals surface area contributed by atoms with Gasteiger partial charge in [0.2, 0.25) is 0 Å². The first-order valence-electron chi connectivity index (χ1n) is 5.10. The van der Waals surface area contributed by atoms with Crippen molar-refractivity contribution in [2.45, 2.75) is 33.1 Å². The maximum atomic E-state index is 11.8. The highest BCUT2D eigenvalue weighted by molar-refractivity contribution is 5.76. The Balaban J connectivity index is 2.77.